The molecule has 0 fully saturated rings. The van der Waals surface area contributed by atoms with Gasteiger partial charge in [0.25, 0.3) is 0 Å². The Balaban J connectivity index is 1.74. The summed E-state index contributed by atoms with van der Waals surface area (Å²) >= 11 is 0. The monoisotopic (exact) mass is 428 g/mol. The number of rotatable bonds is 12. The Kier molecular flexibility index (Phi) is 9.97. The average Bonchev–Trinajstić information content (AvgIpc) is 2.70. The van der Waals surface area contributed by atoms with Crippen LogP contribution in [0.15, 0.2) is 0 Å². The van der Waals surface area contributed by atoms with E-state index in [1.54, 1.807) is 0 Å². The lowest BCUT2D eigenvalue weighted by Crippen LogP contribution is -2.37. The Hall–Kier alpha value is -0.980. The van der Waals surface area contributed by atoms with Gasteiger partial charge >= 0.3 is 0 Å². The van der Waals surface area contributed by atoms with Crippen molar-refractivity contribution in [2.45, 2.75) is 139 Å². The number of hydrogen-bond acceptors (Lipinski definition) is 1. The first-order valence-electron chi connectivity index (χ1n) is 13.3. The number of fused-ring (bicyclic) bond motifs is 1. The van der Waals surface area contributed by atoms with Gasteiger partial charge < -0.3 is 4.74 Å². The minimum atomic E-state index is 0.0105. The van der Waals surface area contributed by atoms with Crippen molar-refractivity contribution in [3.8, 4) is 5.75 Å². The number of ether oxygens (including phenoxy) is 1. The highest BCUT2D eigenvalue weighted by atomic mass is 16.5. The lowest BCUT2D eigenvalue weighted by Gasteiger charge is -2.38. The number of hydrogen-bond donors (Lipinski definition) is 0. The van der Waals surface area contributed by atoms with Gasteiger partial charge in [0.2, 0.25) is 0 Å². The molecule has 0 aliphatic carbocycles. The highest BCUT2D eigenvalue weighted by molar-refractivity contribution is 5.55. The van der Waals surface area contributed by atoms with Crippen LogP contribution in [0.2, 0.25) is 0 Å². The lowest BCUT2D eigenvalue weighted by molar-refractivity contribution is 0.0513. The Labute approximate surface area is 194 Å². The highest BCUT2D eigenvalue weighted by Gasteiger charge is 2.33. The third-order valence-corrected chi connectivity index (χ3v) is 8.28. The van der Waals surface area contributed by atoms with Crippen LogP contribution in [0.3, 0.4) is 0 Å². The molecule has 1 aliphatic rings. The maximum atomic E-state index is 6.72. The van der Waals surface area contributed by atoms with Crippen LogP contribution >= 0.6 is 0 Å². The Bertz CT molecular complexity index is 701. The van der Waals surface area contributed by atoms with Crippen molar-refractivity contribution in [3.05, 3.63) is 27.8 Å². The number of benzene rings is 1. The van der Waals surface area contributed by atoms with Gasteiger partial charge in [-0.2, -0.15) is 0 Å². The van der Waals surface area contributed by atoms with E-state index in [9.17, 15) is 0 Å². The van der Waals surface area contributed by atoms with Crippen LogP contribution in [0, 0.1) is 45.4 Å². The molecule has 178 valence electrons. The fourth-order valence-corrected chi connectivity index (χ4v) is 5.46. The Morgan fingerprint density at radius 1 is 0.710 bits per heavy atom. The predicted octanol–water partition coefficient (Wildman–Crippen LogP) is 9.44. The molecule has 2 rings (SSSR count). The van der Waals surface area contributed by atoms with Gasteiger partial charge in [-0.15, -0.1) is 0 Å². The molecule has 1 heteroatoms. The van der Waals surface area contributed by atoms with E-state index in [2.05, 4.69) is 62.3 Å². The summed E-state index contributed by atoms with van der Waals surface area (Å²) in [5.74, 6) is 3.81. The van der Waals surface area contributed by atoms with Gasteiger partial charge in [-0.05, 0) is 106 Å². The van der Waals surface area contributed by atoms with Crippen molar-refractivity contribution in [2.24, 2.45) is 17.8 Å². The van der Waals surface area contributed by atoms with Crippen LogP contribution in [-0.2, 0) is 6.42 Å². The fraction of sp³-hybridized carbons (Fsp3) is 0.800. The summed E-state index contributed by atoms with van der Waals surface area (Å²) in [5, 5.41) is 0. The molecule has 1 aliphatic heterocycles. The molecule has 1 aromatic carbocycles. The summed E-state index contributed by atoms with van der Waals surface area (Å²) in [6, 6.07) is 0. The second-order valence-corrected chi connectivity index (χ2v) is 11.7. The van der Waals surface area contributed by atoms with Crippen LogP contribution < -0.4 is 4.74 Å². The van der Waals surface area contributed by atoms with E-state index >= 15 is 0 Å². The molecule has 31 heavy (non-hydrogen) atoms. The lowest BCUT2D eigenvalue weighted by atomic mass is 9.83. The van der Waals surface area contributed by atoms with Crippen molar-refractivity contribution in [1.82, 2.24) is 0 Å². The minimum Gasteiger partial charge on any atom is -0.487 e. The van der Waals surface area contributed by atoms with E-state index < -0.39 is 0 Å². The second kappa shape index (κ2) is 11.8. The molecule has 1 unspecified atom stereocenters. The molecular formula is C30H52O. The first kappa shape index (κ1) is 26.3. The van der Waals surface area contributed by atoms with Crippen molar-refractivity contribution in [2.75, 3.05) is 0 Å². The van der Waals surface area contributed by atoms with Crippen molar-refractivity contribution >= 4 is 0 Å². The van der Waals surface area contributed by atoms with Crippen LogP contribution in [0.4, 0.5) is 0 Å². The van der Waals surface area contributed by atoms with E-state index in [1.807, 2.05) is 0 Å². The van der Waals surface area contributed by atoms with Gasteiger partial charge in [0.05, 0.1) is 0 Å². The highest BCUT2D eigenvalue weighted by Crippen LogP contribution is 2.42. The summed E-state index contributed by atoms with van der Waals surface area (Å²) in [7, 11) is 0. The van der Waals surface area contributed by atoms with Crippen molar-refractivity contribution in [3.63, 3.8) is 0 Å². The first-order valence-corrected chi connectivity index (χ1v) is 13.3. The molecule has 0 saturated heterocycles. The zero-order valence-electron chi connectivity index (χ0n) is 22.4. The standard InChI is InChI=1S/C30H52O/c1-21(2)13-10-14-22(3)15-11-16-23(4)17-12-19-30(9)20-18-28-26(7)24(5)25(6)27(8)29(28)31-30/h21-23H,10-20H2,1-9H3/t22-,23-,30?/m1/s1. The van der Waals surface area contributed by atoms with Crippen LogP contribution in [0.25, 0.3) is 0 Å². The largest absolute Gasteiger partial charge is 0.487 e. The molecule has 1 aromatic rings. The van der Waals surface area contributed by atoms with Crippen LogP contribution in [-0.4, -0.2) is 5.60 Å². The third-order valence-electron chi connectivity index (χ3n) is 8.28. The zero-order chi connectivity index (χ0) is 23.2. The Morgan fingerprint density at radius 2 is 1.23 bits per heavy atom. The summed E-state index contributed by atoms with van der Waals surface area (Å²) in [6.45, 7) is 21.0. The third kappa shape index (κ3) is 7.54. The average molecular weight is 429 g/mol. The van der Waals surface area contributed by atoms with Crippen molar-refractivity contribution < 1.29 is 4.74 Å². The summed E-state index contributed by atoms with van der Waals surface area (Å²) in [6.07, 6.45) is 14.6. The normalized spacial score (nSPS) is 20.5. The summed E-state index contributed by atoms with van der Waals surface area (Å²) in [4.78, 5) is 0. The summed E-state index contributed by atoms with van der Waals surface area (Å²) < 4.78 is 6.72. The van der Waals surface area contributed by atoms with Gasteiger partial charge in [0.1, 0.15) is 11.4 Å². The zero-order valence-corrected chi connectivity index (χ0v) is 22.4. The summed E-state index contributed by atoms with van der Waals surface area (Å²) in [5.41, 5.74) is 7.15. The second-order valence-electron chi connectivity index (χ2n) is 11.7. The Morgan fingerprint density at radius 3 is 1.81 bits per heavy atom. The van der Waals surface area contributed by atoms with Gasteiger partial charge in [0.15, 0.2) is 0 Å². The van der Waals surface area contributed by atoms with Crippen LogP contribution in [0.5, 0.6) is 5.75 Å². The molecule has 1 heterocycles. The fourth-order valence-electron chi connectivity index (χ4n) is 5.46. The minimum absolute atomic E-state index is 0.0105. The molecule has 0 saturated carbocycles. The molecule has 0 amide bonds. The van der Waals surface area contributed by atoms with Gasteiger partial charge in [0, 0.05) is 0 Å². The van der Waals surface area contributed by atoms with Gasteiger partial charge in [-0.1, -0.05) is 72.6 Å². The molecule has 0 bridgehead atoms. The van der Waals surface area contributed by atoms with E-state index in [0.29, 0.717) is 0 Å². The SMILES string of the molecule is Cc1c(C)c(C)c2c(c1C)CCC(C)(CCC[C@H](C)CCC[C@H](C)CCCC(C)C)O2. The first-order chi connectivity index (χ1) is 14.5. The quantitative estimate of drug-likeness (QED) is 0.322. The molecular weight excluding hydrogens is 376 g/mol. The predicted molar refractivity (Wildman–Crippen MR) is 137 cm³/mol. The van der Waals surface area contributed by atoms with Gasteiger partial charge in [-0.25, -0.2) is 0 Å². The van der Waals surface area contributed by atoms with E-state index in [-0.39, 0.29) is 5.60 Å². The maximum Gasteiger partial charge on any atom is 0.126 e. The molecule has 0 N–H and O–H groups in total. The molecule has 0 radical (unpaired) electrons. The molecule has 0 spiro atoms. The molecule has 3 atom stereocenters. The van der Waals surface area contributed by atoms with E-state index in [4.69, 9.17) is 4.74 Å². The van der Waals surface area contributed by atoms with Crippen molar-refractivity contribution in [1.29, 1.82) is 0 Å². The smallest absolute Gasteiger partial charge is 0.126 e. The molecule has 0 aromatic heterocycles. The topological polar surface area (TPSA) is 9.23 Å². The van der Waals surface area contributed by atoms with E-state index in [1.165, 1.54) is 97.8 Å². The van der Waals surface area contributed by atoms with E-state index in [0.717, 1.165) is 24.2 Å². The van der Waals surface area contributed by atoms with Gasteiger partial charge in [-0.3, -0.25) is 0 Å². The maximum absolute atomic E-state index is 6.72. The molecule has 1 nitrogen and oxygen atoms in total. The van der Waals surface area contributed by atoms with Crippen LogP contribution in [0.1, 0.15) is 127 Å².